The zero-order chi connectivity index (χ0) is 22.2. The molecule has 1 N–H and O–H groups in total. The number of pyridine rings is 2. The maximum absolute atomic E-state index is 5.84. The molecule has 4 heterocycles. The molecule has 0 amide bonds. The van der Waals surface area contributed by atoms with Gasteiger partial charge in [0, 0.05) is 33.9 Å². The average molecular weight is 504 g/mol. The van der Waals surface area contributed by atoms with E-state index in [0.29, 0.717) is 5.11 Å². The number of aromatic nitrogens is 3. The number of rotatable bonds is 4. The second-order valence-electron chi connectivity index (χ2n) is 7.82. The quantitative estimate of drug-likeness (QED) is 0.355. The van der Waals surface area contributed by atoms with Crippen LogP contribution in [-0.2, 0) is 0 Å². The number of anilines is 1. The zero-order valence-electron chi connectivity index (χ0n) is 17.7. The third-order valence-electron chi connectivity index (χ3n) is 5.87. The molecule has 0 spiro atoms. The molecule has 1 saturated heterocycles. The van der Waals surface area contributed by atoms with Crippen LogP contribution in [0.1, 0.15) is 34.7 Å². The molecular weight excluding hydrogens is 482 g/mol. The number of hydrogen-bond donors (Lipinski definition) is 1. The third kappa shape index (κ3) is 3.61. The summed E-state index contributed by atoms with van der Waals surface area (Å²) in [6.45, 7) is 4.26. The average Bonchev–Trinajstić information content (AvgIpc) is 3.31. The number of nitrogens with zero attached hydrogens (tertiary/aromatic N) is 4. The number of hydrogen-bond acceptors (Lipinski definition) is 3. The van der Waals surface area contributed by atoms with Crippen molar-refractivity contribution in [1.82, 2.24) is 19.9 Å². The molecule has 2 atom stereocenters. The van der Waals surface area contributed by atoms with E-state index in [1.807, 2.05) is 54.9 Å². The van der Waals surface area contributed by atoms with E-state index in [1.54, 1.807) is 0 Å². The first-order valence-electron chi connectivity index (χ1n) is 10.4. The van der Waals surface area contributed by atoms with Crippen LogP contribution in [0.15, 0.2) is 83.6 Å². The molecule has 4 aromatic rings. The Bertz CT molecular complexity index is 1260. The highest BCUT2D eigenvalue weighted by Gasteiger charge is 2.42. The Kier molecular flexibility index (Phi) is 5.53. The summed E-state index contributed by atoms with van der Waals surface area (Å²) in [6, 6.07) is 22.4. The lowest BCUT2D eigenvalue weighted by atomic mass is 9.96. The maximum atomic E-state index is 5.84. The van der Waals surface area contributed by atoms with Crippen LogP contribution < -0.4 is 10.2 Å². The first kappa shape index (κ1) is 20.8. The second-order valence-corrected chi connectivity index (χ2v) is 9.13. The van der Waals surface area contributed by atoms with Crippen molar-refractivity contribution in [3.63, 3.8) is 0 Å². The summed E-state index contributed by atoms with van der Waals surface area (Å²) in [7, 11) is 0. The zero-order valence-corrected chi connectivity index (χ0v) is 20.1. The summed E-state index contributed by atoms with van der Waals surface area (Å²) in [5.41, 5.74) is 5.46. The lowest BCUT2D eigenvalue weighted by Gasteiger charge is -2.28. The van der Waals surface area contributed by atoms with Crippen molar-refractivity contribution in [3.8, 4) is 5.82 Å². The van der Waals surface area contributed by atoms with E-state index in [-0.39, 0.29) is 12.1 Å². The van der Waals surface area contributed by atoms with Crippen LogP contribution >= 0.6 is 28.1 Å². The van der Waals surface area contributed by atoms with Gasteiger partial charge < -0.3 is 14.8 Å². The van der Waals surface area contributed by atoms with Gasteiger partial charge in [-0.2, -0.15) is 0 Å². The molecule has 160 valence electrons. The highest BCUT2D eigenvalue weighted by molar-refractivity contribution is 9.10. The SMILES string of the molecule is Cc1cc(C2C(c3ccccn3)NC(=S)N2c2ccc(Br)cc2)c(C)n1-c1ccccn1. The predicted molar refractivity (Wildman–Crippen MR) is 135 cm³/mol. The van der Waals surface area contributed by atoms with E-state index in [1.165, 1.54) is 5.56 Å². The van der Waals surface area contributed by atoms with E-state index in [9.17, 15) is 0 Å². The number of nitrogens with one attached hydrogen (secondary N) is 1. The summed E-state index contributed by atoms with van der Waals surface area (Å²) in [5, 5.41) is 4.23. The van der Waals surface area contributed by atoms with E-state index in [0.717, 1.165) is 33.1 Å². The van der Waals surface area contributed by atoms with Crippen molar-refractivity contribution >= 4 is 38.9 Å². The van der Waals surface area contributed by atoms with Gasteiger partial charge in [-0.25, -0.2) is 4.98 Å². The molecular formula is C25H22BrN5S. The number of benzene rings is 1. The van der Waals surface area contributed by atoms with Crippen molar-refractivity contribution < 1.29 is 0 Å². The molecule has 1 aromatic carbocycles. The molecule has 32 heavy (non-hydrogen) atoms. The molecule has 1 aliphatic heterocycles. The van der Waals surface area contributed by atoms with Crippen molar-refractivity contribution in [3.05, 3.63) is 106 Å². The van der Waals surface area contributed by atoms with Gasteiger partial charge in [0.15, 0.2) is 5.11 Å². The molecule has 2 unspecified atom stereocenters. The Morgan fingerprint density at radius 2 is 1.66 bits per heavy atom. The molecule has 0 radical (unpaired) electrons. The van der Waals surface area contributed by atoms with Crippen LogP contribution in [-0.4, -0.2) is 19.6 Å². The van der Waals surface area contributed by atoms with Gasteiger partial charge >= 0.3 is 0 Å². The molecule has 7 heteroatoms. The number of halogens is 1. The van der Waals surface area contributed by atoms with Gasteiger partial charge in [0.05, 0.1) is 17.8 Å². The van der Waals surface area contributed by atoms with Gasteiger partial charge in [0.1, 0.15) is 5.82 Å². The molecule has 1 fully saturated rings. The summed E-state index contributed by atoms with van der Waals surface area (Å²) in [4.78, 5) is 11.4. The van der Waals surface area contributed by atoms with E-state index < -0.39 is 0 Å². The molecule has 5 nitrogen and oxygen atoms in total. The van der Waals surface area contributed by atoms with Gasteiger partial charge in [0.2, 0.25) is 0 Å². The second kappa shape index (κ2) is 8.48. The van der Waals surface area contributed by atoms with Gasteiger partial charge in [-0.1, -0.05) is 28.1 Å². The first-order valence-corrected chi connectivity index (χ1v) is 11.6. The third-order valence-corrected chi connectivity index (χ3v) is 6.71. The Balaban J connectivity index is 1.68. The van der Waals surface area contributed by atoms with Crippen LogP contribution in [0.2, 0.25) is 0 Å². The molecule has 1 aliphatic rings. The molecule has 0 bridgehead atoms. The minimum atomic E-state index is -0.0787. The first-order chi connectivity index (χ1) is 15.5. The molecule has 3 aromatic heterocycles. The van der Waals surface area contributed by atoms with E-state index >= 15 is 0 Å². The standard InChI is InChI=1S/C25H22BrN5S/c1-16-15-20(17(2)30(16)22-8-4-6-14-28-22)24-23(21-7-3-5-13-27-21)29-25(32)31(24)19-11-9-18(26)10-12-19/h3-15,23-24H,1-2H3,(H,29,32). The van der Waals surface area contributed by atoms with Crippen LogP contribution in [0.5, 0.6) is 0 Å². The fourth-order valence-corrected chi connectivity index (χ4v) is 5.09. The fourth-order valence-electron chi connectivity index (χ4n) is 4.48. The predicted octanol–water partition coefficient (Wildman–Crippen LogP) is 5.82. The largest absolute Gasteiger partial charge is 0.351 e. The number of thiocarbonyl (C=S) groups is 1. The van der Waals surface area contributed by atoms with Crippen molar-refractivity contribution in [2.75, 3.05) is 4.90 Å². The summed E-state index contributed by atoms with van der Waals surface area (Å²) in [6.07, 6.45) is 3.65. The maximum Gasteiger partial charge on any atom is 0.174 e. The highest BCUT2D eigenvalue weighted by Crippen LogP contribution is 2.43. The smallest absolute Gasteiger partial charge is 0.174 e. The Hall–Kier alpha value is -3.03. The number of aryl methyl sites for hydroxylation is 1. The molecule has 0 aliphatic carbocycles. The van der Waals surface area contributed by atoms with Gasteiger partial charge in [-0.05, 0) is 86.2 Å². The van der Waals surface area contributed by atoms with Crippen molar-refractivity contribution in [2.45, 2.75) is 25.9 Å². The van der Waals surface area contributed by atoms with Gasteiger partial charge in [0.25, 0.3) is 0 Å². The van der Waals surface area contributed by atoms with E-state index in [2.05, 4.69) is 78.8 Å². The van der Waals surface area contributed by atoms with E-state index in [4.69, 9.17) is 12.2 Å². The van der Waals surface area contributed by atoms with Gasteiger partial charge in [-0.3, -0.25) is 4.98 Å². The summed E-state index contributed by atoms with van der Waals surface area (Å²) in [5.74, 6) is 0.909. The van der Waals surface area contributed by atoms with Crippen LogP contribution in [0.4, 0.5) is 5.69 Å². The minimum absolute atomic E-state index is 0.0535. The van der Waals surface area contributed by atoms with Crippen LogP contribution in [0.3, 0.4) is 0 Å². The summed E-state index contributed by atoms with van der Waals surface area (Å²) >= 11 is 9.38. The monoisotopic (exact) mass is 503 g/mol. The van der Waals surface area contributed by atoms with Gasteiger partial charge in [-0.15, -0.1) is 0 Å². The lowest BCUT2D eigenvalue weighted by molar-refractivity contribution is 0.565. The molecule has 5 rings (SSSR count). The van der Waals surface area contributed by atoms with Crippen molar-refractivity contribution in [1.29, 1.82) is 0 Å². The Labute approximate surface area is 201 Å². The van der Waals surface area contributed by atoms with Crippen LogP contribution in [0, 0.1) is 13.8 Å². The molecule has 0 saturated carbocycles. The topological polar surface area (TPSA) is 46.0 Å². The van der Waals surface area contributed by atoms with Crippen LogP contribution in [0.25, 0.3) is 5.82 Å². The highest BCUT2D eigenvalue weighted by atomic mass is 79.9. The lowest BCUT2D eigenvalue weighted by Crippen LogP contribution is -2.29. The summed E-state index contributed by atoms with van der Waals surface area (Å²) < 4.78 is 3.23. The van der Waals surface area contributed by atoms with Crippen molar-refractivity contribution in [2.24, 2.45) is 0 Å². The minimum Gasteiger partial charge on any atom is -0.351 e. The fraction of sp³-hybridized carbons (Fsp3) is 0.160. The Morgan fingerprint density at radius 3 is 2.31 bits per heavy atom. The normalized spacial score (nSPS) is 18.1. The Morgan fingerprint density at radius 1 is 0.938 bits per heavy atom.